The van der Waals surface area contributed by atoms with Gasteiger partial charge < -0.3 is 28.8 Å². The lowest BCUT2D eigenvalue weighted by Crippen LogP contribution is -2.21. The Labute approximate surface area is 186 Å². The Kier molecular flexibility index (Phi) is 9.47. The molecule has 0 aliphatic heterocycles. The average Bonchev–Trinajstić information content (AvgIpc) is 2.79. The molecule has 2 atom stereocenters. The van der Waals surface area contributed by atoms with E-state index in [-0.39, 0.29) is 17.7 Å². The molecule has 0 bridgehead atoms. The minimum atomic E-state index is -0.166. The van der Waals surface area contributed by atoms with E-state index in [0.717, 1.165) is 23.9 Å². The Bertz CT molecular complexity index is 871. The van der Waals surface area contributed by atoms with E-state index in [1.165, 1.54) is 14.2 Å². The first-order chi connectivity index (χ1) is 14.9. The molecule has 170 valence electrons. The van der Waals surface area contributed by atoms with E-state index < -0.39 is 0 Å². The predicted molar refractivity (Wildman–Crippen MR) is 124 cm³/mol. The van der Waals surface area contributed by atoms with Crippen LogP contribution in [-0.2, 0) is 0 Å². The third kappa shape index (κ3) is 6.52. The van der Waals surface area contributed by atoms with E-state index >= 15 is 0 Å². The first-order valence-corrected chi connectivity index (χ1v) is 11.3. The van der Waals surface area contributed by atoms with Crippen LogP contribution in [0.4, 0.5) is 0 Å². The van der Waals surface area contributed by atoms with Crippen LogP contribution in [0, 0.1) is 0 Å². The van der Waals surface area contributed by atoms with Crippen molar-refractivity contribution in [3.05, 3.63) is 35.9 Å². The minimum Gasteiger partial charge on any atom is -0.823 e. The monoisotopic (exact) mass is 447 g/mol. The van der Waals surface area contributed by atoms with Crippen molar-refractivity contribution in [1.82, 2.24) is 0 Å². The molecule has 0 amide bonds. The summed E-state index contributed by atoms with van der Waals surface area (Å²) in [6.07, 6.45) is 1.85. The molecular formula is C24H32O6P-. The standard InChI is InChI=1S/C24H33O6P/c1-8-15(3)29-17-10-11-22(19(12-17)30-16(4)9-2)31-24(25)23-20(27-6)13-18(26-5)14-21(23)28-7/h10-16,25H,8-9H2,1-7H3/p-1. The van der Waals surface area contributed by atoms with Crippen molar-refractivity contribution in [3.63, 3.8) is 0 Å². The van der Waals surface area contributed by atoms with Crippen molar-refractivity contribution in [3.8, 4) is 28.7 Å². The van der Waals surface area contributed by atoms with Crippen LogP contribution in [-0.4, -0.2) is 39.0 Å². The van der Waals surface area contributed by atoms with Crippen molar-refractivity contribution in [1.29, 1.82) is 0 Å². The van der Waals surface area contributed by atoms with E-state index in [9.17, 15) is 5.11 Å². The van der Waals surface area contributed by atoms with Gasteiger partial charge in [0.15, 0.2) is 0 Å². The maximum Gasteiger partial charge on any atom is 0.135 e. The van der Waals surface area contributed by atoms with Crippen LogP contribution in [0.2, 0.25) is 0 Å². The van der Waals surface area contributed by atoms with Crippen molar-refractivity contribution >= 4 is 19.0 Å². The molecule has 0 heterocycles. The van der Waals surface area contributed by atoms with Crippen LogP contribution in [0.25, 0.3) is 0 Å². The topological polar surface area (TPSA) is 69.2 Å². The fourth-order valence-corrected chi connectivity index (χ4v) is 3.68. The number of hydrogen-bond donors (Lipinski definition) is 0. The van der Waals surface area contributed by atoms with Crippen LogP contribution in [0.3, 0.4) is 0 Å². The SMILES string of the molecule is CCC(C)Oc1ccc(P=C([O-])c2c(OC)cc(OC)cc2OC)c(OC(C)CC)c1. The van der Waals surface area contributed by atoms with Crippen LogP contribution in [0.5, 0.6) is 28.7 Å². The van der Waals surface area contributed by atoms with Gasteiger partial charge in [0.1, 0.15) is 28.7 Å². The second-order valence-electron chi connectivity index (χ2n) is 7.13. The Morgan fingerprint density at radius 2 is 1.35 bits per heavy atom. The normalized spacial score (nSPS) is 13.4. The Balaban J connectivity index is 2.54. The van der Waals surface area contributed by atoms with Gasteiger partial charge in [-0.1, -0.05) is 27.5 Å². The molecule has 0 fully saturated rings. The van der Waals surface area contributed by atoms with Gasteiger partial charge in [-0.2, -0.15) is 0 Å². The van der Waals surface area contributed by atoms with Crippen molar-refractivity contribution in [2.45, 2.75) is 52.7 Å². The maximum absolute atomic E-state index is 13.3. The molecule has 6 nitrogen and oxygen atoms in total. The van der Waals surface area contributed by atoms with Gasteiger partial charge in [-0.25, -0.2) is 0 Å². The zero-order valence-corrected chi connectivity index (χ0v) is 20.2. The highest BCUT2D eigenvalue weighted by atomic mass is 31.1. The summed E-state index contributed by atoms with van der Waals surface area (Å²) < 4.78 is 28.2. The van der Waals surface area contributed by atoms with Gasteiger partial charge in [-0.05, 0) is 38.8 Å². The molecule has 0 saturated heterocycles. The Morgan fingerprint density at radius 3 is 1.87 bits per heavy atom. The third-order valence-electron chi connectivity index (χ3n) is 4.90. The summed E-state index contributed by atoms with van der Waals surface area (Å²) in [5.74, 6) is 2.70. The number of rotatable bonds is 11. The number of hydrogen-bond acceptors (Lipinski definition) is 6. The van der Waals surface area contributed by atoms with E-state index in [0.29, 0.717) is 36.8 Å². The van der Waals surface area contributed by atoms with Crippen LogP contribution >= 0.6 is 8.20 Å². The molecule has 0 aliphatic carbocycles. The van der Waals surface area contributed by atoms with Crippen molar-refractivity contribution < 1.29 is 28.8 Å². The Hall–Kier alpha value is -2.43. The lowest BCUT2D eigenvalue weighted by molar-refractivity contribution is -0.207. The minimum absolute atomic E-state index is 0.00737. The maximum atomic E-state index is 13.3. The van der Waals surface area contributed by atoms with E-state index in [4.69, 9.17) is 23.7 Å². The largest absolute Gasteiger partial charge is 0.823 e. The molecule has 0 N–H and O–H groups in total. The predicted octanol–water partition coefficient (Wildman–Crippen LogP) is 4.18. The lowest BCUT2D eigenvalue weighted by Gasteiger charge is -2.22. The van der Waals surface area contributed by atoms with Crippen LogP contribution in [0.15, 0.2) is 30.3 Å². The average molecular weight is 447 g/mol. The number of benzene rings is 2. The van der Waals surface area contributed by atoms with Gasteiger partial charge in [-0.3, -0.25) is 0 Å². The second-order valence-corrected chi connectivity index (χ2v) is 8.24. The summed E-state index contributed by atoms with van der Waals surface area (Å²) in [4.78, 5) is 0. The fraction of sp³-hybridized carbons (Fsp3) is 0.458. The zero-order chi connectivity index (χ0) is 23.0. The zero-order valence-electron chi connectivity index (χ0n) is 19.4. The molecule has 0 spiro atoms. The highest BCUT2D eigenvalue weighted by Gasteiger charge is 2.15. The van der Waals surface area contributed by atoms with Gasteiger partial charge in [0.05, 0.1) is 39.1 Å². The quantitative estimate of drug-likeness (QED) is 0.482. The smallest absolute Gasteiger partial charge is 0.135 e. The molecule has 0 saturated carbocycles. The summed E-state index contributed by atoms with van der Waals surface area (Å²) in [6.45, 7) is 8.15. The summed E-state index contributed by atoms with van der Waals surface area (Å²) in [5.41, 5.74) is 0.197. The first-order valence-electron chi connectivity index (χ1n) is 10.4. The molecule has 0 radical (unpaired) electrons. The van der Waals surface area contributed by atoms with Gasteiger partial charge >= 0.3 is 0 Å². The fourth-order valence-electron chi connectivity index (χ4n) is 2.75. The Morgan fingerprint density at radius 1 is 0.806 bits per heavy atom. The molecule has 0 aromatic heterocycles. The summed E-state index contributed by atoms with van der Waals surface area (Å²) in [5, 5.41) is 14.0. The number of ether oxygens (including phenoxy) is 5. The molecule has 7 heteroatoms. The summed E-state index contributed by atoms with van der Waals surface area (Å²) in [6, 6.07) is 8.94. The van der Waals surface area contributed by atoms with Crippen LogP contribution < -0.4 is 34.1 Å². The second kappa shape index (κ2) is 11.8. The van der Waals surface area contributed by atoms with Gasteiger partial charge in [-0.15, -0.1) is 0 Å². The molecule has 0 aliphatic rings. The highest BCUT2D eigenvalue weighted by Crippen LogP contribution is 2.35. The molecule has 2 rings (SSSR count). The van der Waals surface area contributed by atoms with E-state index in [2.05, 4.69) is 13.8 Å². The van der Waals surface area contributed by atoms with Crippen LogP contribution in [0.1, 0.15) is 46.1 Å². The molecule has 31 heavy (non-hydrogen) atoms. The summed E-state index contributed by atoms with van der Waals surface area (Å²) >= 11 is 0. The molecule has 2 aromatic carbocycles. The first kappa shape index (κ1) is 24.8. The summed E-state index contributed by atoms with van der Waals surface area (Å²) in [7, 11) is 5.02. The highest BCUT2D eigenvalue weighted by molar-refractivity contribution is 7.49. The molecule has 2 aromatic rings. The number of methoxy groups -OCH3 is 3. The molecular weight excluding hydrogens is 415 g/mol. The van der Waals surface area contributed by atoms with Gasteiger partial charge in [0, 0.05) is 23.5 Å². The van der Waals surface area contributed by atoms with E-state index in [1.807, 2.05) is 32.0 Å². The molecule has 2 unspecified atom stereocenters. The van der Waals surface area contributed by atoms with E-state index in [1.54, 1.807) is 19.2 Å². The van der Waals surface area contributed by atoms with Gasteiger partial charge in [0.2, 0.25) is 0 Å². The van der Waals surface area contributed by atoms with Gasteiger partial charge in [0.25, 0.3) is 0 Å². The van der Waals surface area contributed by atoms with Crippen molar-refractivity contribution in [2.75, 3.05) is 21.3 Å². The van der Waals surface area contributed by atoms with Crippen molar-refractivity contribution in [2.24, 2.45) is 0 Å². The lowest BCUT2D eigenvalue weighted by atomic mass is 10.1. The third-order valence-corrected chi connectivity index (χ3v) is 5.93.